The first-order valence-corrected chi connectivity index (χ1v) is 6.46. The van der Waals surface area contributed by atoms with Crippen LogP contribution < -0.4 is 5.73 Å². The summed E-state index contributed by atoms with van der Waals surface area (Å²) in [5.74, 6) is 0. The Morgan fingerprint density at radius 2 is 2.11 bits per heavy atom. The molecule has 0 amide bonds. The Labute approximate surface area is 113 Å². The molecule has 2 heterocycles. The molecule has 96 valence electrons. The molecular weight excluding hydrogens is 242 g/mol. The van der Waals surface area contributed by atoms with Gasteiger partial charge >= 0.3 is 0 Å². The van der Waals surface area contributed by atoms with E-state index < -0.39 is 0 Å². The maximum absolute atomic E-state index is 5.71. The van der Waals surface area contributed by atoms with E-state index in [0.717, 1.165) is 17.0 Å². The Kier molecular flexibility index (Phi) is 3.15. The van der Waals surface area contributed by atoms with Crippen molar-refractivity contribution in [1.82, 2.24) is 9.38 Å². The number of fused-ring (bicyclic) bond motifs is 1. The first kappa shape index (κ1) is 13.0. The van der Waals surface area contributed by atoms with Gasteiger partial charge in [-0.2, -0.15) is 0 Å². The molecule has 0 saturated heterocycles. The predicted octanol–water partition coefficient (Wildman–Crippen LogP) is 2.77. The summed E-state index contributed by atoms with van der Waals surface area (Å²) >= 11 is 5.05. The first-order chi connectivity index (χ1) is 8.29. The van der Waals surface area contributed by atoms with Crippen LogP contribution in [-0.4, -0.2) is 14.4 Å². The van der Waals surface area contributed by atoms with Gasteiger partial charge in [0.1, 0.15) is 5.65 Å². The number of thiocarbonyl (C=S) groups is 1. The summed E-state index contributed by atoms with van der Waals surface area (Å²) in [6, 6.07) is 4.16. The number of hydrogen-bond acceptors (Lipinski definition) is 2. The first-order valence-electron chi connectivity index (χ1n) is 6.05. The molecule has 0 aromatic carbocycles. The molecule has 4 heteroatoms. The molecule has 2 aromatic heterocycles. The largest absolute Gasteiger partial charge is 0.393 e. The van der Waals surface area contributed by atoms with Crippen LogP contribution in [0.4, 0.5) is 0 Å². The Morgan fingerprint density at radius 3 is 2.67 bits per heavy atom. The number of aromatic nitrogens is 2. The van der Waals surface area contributed by atoms with Crippen molar-refractivity contribution < 1.29 is 0 Å². The second-order valence-electron chi connectivity index (χ2n) is 5.73. The summed E-state index contributed by atoms with van der Waals surface area (Å²) in [6.45, 7) is 8.54. The van der Waals surface area contributed by atoms with Crippen LogP contribution in [0.3, 0.4) is 0 Å². The summed E-state index contributed by atoms with van der Waals surface area (Å²) in [4.78, 5) is 5.25. The number of rotatable bonds is 2. The molecule has 0 aliphatic rings. The fraction of sp³-hybridized carbons (Fsp3) is 0.429. The molecular formula is C14H19N3S. The number of nitrogens with two attached hydrogens (primary N) is 1. The van der Waals surface area contributed by atoms with Gasteiger partial charge in [-0.25, -0.2) is 4.98 Å². The quantitative estimate of drug-likeness (QED) is 0.845. The van der Waals surface area contributed by atoms with Crippen LogP contribution in [0.15, 0.2) is 18.3 Å². The summed E-state index contributed by atoms with van der Waals surface area (Å²) in [6.07, 6.45) is 2.63. The van der Waals surface area contributed by atoms with Gasteiger partial charge in [0.2, 0.25) is 0 Å². The topological polar surface area (TPSA) is 43.3 Å². The van der Waals surface area contributed by atoms with Gasteiger partial charge in [0.15, 0.2) is 0 Å². The molecule has 0 radical (unpaired) electrons. The van der Waals surface area contributed by atoms with Crippen molar-refractivity contribution in [3.05, 3.63) is 35.3 Å². The standard InChI is InChI=1S/C14H19N3S/c1-9-5-6-17-10(8-11(15)18)13(14(2,3)4)16-12(17)7-9/h5-7H,8H2,1-4H3,(H2,15,18). The Morgan fingerprint density at radius 1 is 1.44 bits per heavy atom. The third kappa shape index (κ3) is 2.38. The fourth-order valence-corrected chi connectivity index (χ4v) is 2.27. The Balaban J connectivity index is 2.72. The average Bonchev–Trinajstić information content (AvgIpc) is 2.55. The van der Waals surface area contributed by atoms with Crippen molar-refractivity contribution in [2.75, 3.05) is 0 Å². The lowest BCUT2D eigenvalue weighted by atomic mass is 9.90. The lowest BCUT2D eigenvalue weighted by Gasteiger charge is -2.17. The highest BCUT2D eigenvalue weighted by molar-refractivity contribution is 7.80. The van der Waals surface area contributed by atoms with Crippen LogP contribution in [0.2, 0.25) is 0 Å². The molecule has 3 nitrogen and oxygen atoms in total. The maximum atomic E-state index is 5.71. The van der Waals surface area contributed by atoms with Crippen LogP contribution in [0.5, 0.6) is 0 Å². The molecule has 0 aliphatic carbocycles. The zero-order valence-electron chi connectivity index (χ0n) is 11.3. The summed E-state index contributed by atoms with van der Waals surface area (Å²) in [7, 11) is 0. The fourth-order valence-electron chi connectivity index (χ4n) is 2.13. The Hall–Kier alpha value is -1.42. The molecule has 0 aliphatic heterocycles. The summed E-state index contributed by atoms with van der Waals surface area (Å²) in [5.41, 5.74) is 10.0. The molecule has 0 bridgehead atoms. The average molecular weight is 261 g/mol. The van der Waals surface area contributed by atoms with Crippen LogP contribution >= 0.6 is 12.2 Å². The van der Waals surface area contributed by atoms with E-state index in [9.17, 15) is 0 Å². The van der Waals surface area contributed by atoms with E-state index >= 15 is 0 Å². The molecule has 2 aromatic rings. The van der Waals surface area contributed by atoms with Gasteiger partial charge in [0.05, 0.1) is 16.4 Å². The van der Waals surface area contributed by atoms with Crippen molar-refractivity contribution in [1.29, 1.82) is 0 Å². The van der Waals surface area contributed by atoms with Gasteiger partial charge in [-0.1, -0.05) is 33.0 Å². The highest BCUT2D eigenvalue weighted by Crippen LogP contribution is 2.27. The van der Waals surface area contributed by atoms with Crippen molar-refractivity contribution in [3.63, 3.8) is 0 Å². The van der Waals surface area contributed by atoms with Crippen molar-refractivity contribution in [2.24, 2.45) is 5.73 Å². The molecule has 0 fully saturated rings. The molecule has 0 atom stereocenters. The normalized spacial score (nSPS) is 12.0. The van der Waals surface area contributed by atoms with Gasteiger partial charge in [-0.05, 0) is 24.6 Å². The summed E-state index contributed by atoms with van der Waals surface area (Å²) < 4.78 is 2.09. The van der Waals surface area contributed by atoms with E-state index in [1.54, 1.807) is 0 Å². The third-order valence-electron chi connectivity index (χ3n) is 2.93. The van der Waals surface area contributed by atoms with Crippen LogP contribution in [-0.2, 0) is 11.8 Å². The third-order valence-corrected chi connectivity index (χ3v) is 3.08. The Bertz CT molecular complexity index is 605. The van der Waals surface area contributed by atoms with Crippen molar-refractivity contribution in [2.45, 2.75) is 39.5 Å². The number of imidazole rings is 1. The van der Waals surface area contributed by atoms with Crippen LogP contribution in [0, 0.1) is 6.92 Å². The monoisotopic (exact) mass is 261 g/mol. The molecule has 18 heavy (non-hydrogen) atoms. The lowest BCUT2D eigenvalue weighted by Crippen LogP contribution is -2.19. The smallest absolute Gasteiger partial charge is 0.137 e. The van der Waals surface area contributed by atoms with Crippen molar-refractivity contribution >= 4 is 22.9 Å². The molecule has 2 rings (SSSR count). The van der Waals surface area contributed by atoms with E-state index in [-0.39, 0.29) is 5.41 Å². The van der Waals surface area contributed by atoms with Crippen LogP contribution in [0.1, 0.15) is 37.7 Å². The number of aryl methyl sites for hydroxylation is 1. The lowest BCUT2D eigenvalue weighted by molar-refractivity contribution is 0.567. The second-order valence-corrected chi connectivity index (χ2v) is 6.26. The molecule has 0 saturated carbocycles. The zero-order valence-corrected chi connectivity index (χ0v) is 12.1. The predicted molar refractivity (Wildman–Crippen MR) is 79.1 cm³/mol. The van der Waals surface area contributed by atoms with E-state index in [4.69, 9.17) is 22.9 Å². The van der Waals surface area contributed by atoms with Crippen LogP contribution in [0.25, 0.3) is 5.65 Å². The molecule has 2 N–H and O–H groups in total. The minimum Gasteiger partial charge on any atom is -0.393 e. The highest BCUT2D eigenvalue weighted by Gasteiger charge is 2.23. The van der Waals surface area contributed by atoms with Crippen molar-refractivity contribution in [3.8, 4) is 0 Å². The molecule has 0 unspecified atom stereocenters. The van der Waals surface area contributed by atoms with Gasteiger partial charge in [0.25, 0.3) is 0 Å². The SMILES string of the molecule is Cc1ccn2c(CC(N)=S)c(C(C)(C)C)nc2c1. The van der Waals surface area contributed by atoms with Gasteiger partial charge < -0.3 is 10.1 Å². The summed E-state index contributed by atoms with van der Waals surface area (Å²) in [5, 5.41) is 0. The highest BCUT2D eigenvalue weighted by atomic mass is 32.1. The minimum atomic E-state index is -0.0138. The van der Waals surface area contributed by atoms with Gasteiger partial charge in [-0.15, -0.1) is 0 Å². The second kappa shape index (κ2) is 4.35. The number of pyridine rings is 1. The van der Waals surface area contributed by atoms with E-state index in [2.05, 4.69) is 44.2 Å². The minimum absolute atomic E-state index is 0.0138. The maximum Gasteiger partial charge on any atom is 0.137 e. The zero-order chi connectivity index (χ0) is 13.5. The van der Waals surface area contributed by atoms with Gasteiger partial charge in [0, 0.05) is 18.0 Å². The molecule has 0 spiro atoms. The van der Waals surface area contributed by atoms with E-state index in [1.165, 1.54) is 5.56 Å². The van der Waals surface area contributed by atoms with E-state index in [0.29, 0.717) is 11.4 Å². The van der Waals surface area contributed by atoms with E-state index in [1.807, 2.05) is 6.20 Å². The number of hydrogen-bond donors (Lipinski definition) is 1. The van der Waals surface area contributed by atoms with Gasteiger partial charge in [-0.3, -0.25) is 0 Å². The number of nitrogens with zero attached hydrogens (tertiary/aromatic N) is 2.